The number of fused-ring (bicyclic) bond motifs is 1. The predicted molar refractivity (Wildman–Crippen MR) is 41.8 cm³/mol. The van der Waals surface area contributed by atoms with Crippen molar-refractivity contribution in [1.29, 1.82) is 0 Å². The third kappa shape index (κ3) is 1.28. The summed E-state index contributed by atoms with van der Waals surface area (Å²) in [7, 11) is 0. The van der Waals surface area contributed by atoms with Crippen molar-refractivity contribution in [2.24, 2.45) is 0 Å². The Balaban J connectivity index is 2.24. The van der Waals surface area contributed by atoms with Crippen LogP contribution < -0.4 is 0 Å². The molecule has 2 aliphatic heterocycles. The van der Waals surface area contributed by atoms with Gasteiger partial charge in [0.25, 0.3) is 0 Å². The van der Waals surface area contributed by atoms with E-state index < -0.39 is 23.8 Å². The minimum Gasteiger partial charge on any atom is -0.393 e. The van der Waals surface area contributed by atoms with E-state index in [9.17, 15) is 10.2 Å². The van der Waals surface area contributed by atoms with Crippen molar-refractivity contribution in [2.45, 2.75) is 37.6 Å². The molecule has 0 bridgehead atoms. The molecule has 1 unspecified atom stereocenters. The molecule has 0 amide bonds. The summed E-state index contributed by atoms with van der Waals surface area (Å²) in [4.78, 5) is 0. The first-order chi connectivity index (χ1) is 5.99. The topological polar surface area (TPSA) is 68.2 Å². The van der Waals surface area contributed by atoms with Gasteiger partial charge in [-0.25, -0.2) is 0 Å². The van der Waals surface area contributed by atoms with Crippen molar-refractivity contribution in [3.05, 3.63) is 0 Å². The minimum atomic E-state index is -1.01. The summed E-state index contributed by atoms with van der Waals surface area (Å²) in [5.74, 6) is -0.766. The molecule has 2 saturated heterocycles. The molecule has 2 aliphatic rings. The van der Waals surface area contributed by atoms with Gasteiger partial charge >= 0.3 is 0 Å². The number of ether oxygens (including phenoxy) is 3. The molecule has 13 heavy (non-hydrogen) atoms. The van der Waals surface area contributed by atoms with Crippen LogP contribution in [-0.4, -0.2) is 47.2 Å². The minimum absolute atomic E-state index is 0.165. The second-order valence-electron chi connectivity index (χ2n) is 3.96. The van der Waals surface area contributed by atoms with Crippen LogP contribution in [0.4, 0.5) is 0 Å². The van der Waals surface area contributed by atoms with Crippen molar-refractivity contribution in [3.63, 3.8) is 0 Å². The molecule has 0 spiro atoms. The Hall–Kier alpha value is -0.200. The fourth-order valence-corrected chi connectivity index (χ4v) is 1.90. The summed E-state index contributed by atoms with van der Waals surface area (Å²) in [6, 6.07) is 0. The first-order valence-electron chi connectivity index (χ1n) is 4.28. The molecule has 0 aromatic heterocycles. The number of aliphatic hydroxyl groups excluding tert-OH is 2. The summed E-state index contributed by atoms with van der Waals surface area (Å²) in [5, 5.41) is 18.6. The van der Waals surface area contributed by atoms with Gasteiger partial charge in [0.05, 0.1) is 13.2 Å². The smallest absolute Gasteiger partial charge is 0.184 e. The van der Waals surface area contributed by atoms with E-state index in [1.807, 2.05) is 0 Å². The maximum Gasteiger partial charge on any atom is 0.184 e. The van der Waals surface area contributed by atoms with Crippen molar-refractivity contribution in [2.75, 3.05) is 13.2 Å². The standard InChI is InChI=1S/C8H14O5/c1-7(2)12-5-6(10)11-4-8(5,3-9)13-7/h5-6,9-10H,3-4H2,1-2H3/t5-,6?,8+/m1/s1. The summed E-state index contributed by atoms with van der Waals surface area (Å²) in [6.07, 6.45) is -1.60. The lowest BCUT2D eigenvalue weighted by Crippen LogP contribution is -2.44. The average molecular weight is 190 g/mol. The van der Waals surface area contributed by atoms with Gasteiger partial charge < -0.3 is 24.4 Å². The van der Waals surface area contributed by atoms with Gasteiger partial charge in [0.1, 0.15) is 11.7 Å². The third-order valence-electron chi connectivity index (χ3n) is 2.40. The lowest BCUT2D eigenvalue weighted by Gasteiger charge is -2.23. The van der Waals surface area contributed by atoms with Gasteiger partial charge in [0.15, 0.2) is 12.1 Å². The lowest BCUT2D eigenvalue weighted by molar-refractivity contribution is -0.216. The average Bonchev–Trinajstić information content (AvgIpc) is 2.47. The van der Waals surface area contributed by atoms with E-state index in [1.165, 1.54) is 0 Å². The van der Waals surface area contributed by atoms with E-state index in [0.29, 0.717) is 0 Å². The van der Waals surface area contributed by atoms with Crippen LogP contribution in [0, 0.1) is 0 Å². The zero-order valence-corrected chi connectivity index (χ0v) is 7.69. The summed E-state index contributed by atoms with van der Waals surface area (Å²) < 4.78 is 15.9. The van der Waals surface area contributed by atoms with Crippen LogP contribution >= 0.6 is 0 Å². The first kappa shape index (κ1) is 9.36. The molecule has 0 aliphatic carbocycles. The van der Waals surface area contributed by atoms with Crippen LogP contribution in [0.5, 0.6) is 0 Å². The highest BCUT2D eigenvalue weighted by Crippen LogP contribution is 2.42. The Kier molecular flexibility index (Phi) is 1.91. The Labute approximate surface area is 76.2 Å². The van der Waals surface area contributed by atoms with Crippen molar-refractivity contribution < 1.29 is 24.4 Å². The molecule has 2 rings (SSSR count). The molecule has 0 aromatic carbocycles. The van der Waals surface area contributed by atoms with E-state index in [4.69, 9.17) is 14.2 Å². The second-order valence-corrected chi connectivity index (χ2v) is 3.96. The highest BCUT2D eigenvalue weighted by Gasteiger charge is 2.60. The fraction of sp³-hybridized carbons (Fsp3) is 1.00. The van der Waals surface area contributed by atoms with E-state index in [0.717, 1.165) is 0 Å². The highest BCUT2D eigenvalue weighted by atomic mass is 16.8. The molecule has 2 N–H and O–H groups in total. The molecule has 2 fully saturated rings. The molecular weight excluding hydrogens is 176 g/mol. The van der Waals surface area contributed by atoms with Crippen molar-refractivity contribution in [1.82, 2.24) is 0 Å². The first-order valence-corrected chi connectivity index (χ1v) is 4.28. The van der Waals surface area contributed by atoms with E-state index in [1.54, 1.807) is 13.8 Å². The monoisotopic (exact) mass is 190 g/mol. The molecule has 2 heterocycles. The van der Waals surface area contributed by atoms with Gasteiger partial charge in [0.2, 0.25) is 0 Å². The van der Waals surface area contributed by atoms with Gasteiger partial charge in [-0.3, -0.25) is 0 Å². The molecular formula is C8H14O5. The summed E-state index contributed by atoms with van der Waals surface area (Å²) in [5.41, 5.74) is -0.886. The summed E-state index contributed by atoms with van der Waals surface area (Å²) >= 11 is 0. The van der Waals surface area contributed by atoms with Crippen LogP contribution in [0.3, 0.4) is 0 Å². The molecule has 76 valence electrons. The van der Waals surface area contributed by atoms with Gasteiger partial charge in [0, 0.05) is 0 Å². The van der Waals surface area contributed by atoms with Crippen molar-refractivity contribution >= 4 is 0 Å². The van der Waals surface area contributed by atoms with E-state index in [-0.39, 0.29) is 13.2 Å². The molecule has 5 heteroatoms. The van der Waals surface area contributed by atoms with Crippen LogP contribution in [-0.2, 0) is 14.2 Å². The zero-order chi connectivity index (χ0) is 9.69. The Morgan fingerprint density at radius 2 is 2.15 bits per heavy atom. The van der Waals surface area contributed by atoms with Crippen LogP contribution in [0.1, 0.15) is 13.8 Å². The normalized spacial score (nSPS) is 48.0. The Bertz CT molecular complexity index is 217. The van der Waals surface area contributed by atoms with Gasteiger partial charge in [-0.1, -0.05) is 0 Å². The Morgan fingerprint density at radius 3 is 2.69 bits per heavy atom. The molecule has 0 aromatic rings. The maximum atomic E-state index is 9.39. The second kappa shape index (κ2) is 2.65. The van der Waals surface area contributed by atoms with Gasteiger partial charge in [-0.2, -0.15) is 0 Å². The number of hydrogen-bond donors (Lipinski definition) is 2. The van der Waals surface area contributed by atoms with Crippen LogP contribution in [0.25, 0.3) is 0 Å². The quantitative estimate of drug-likeness (QED) is 0.567. The number of hydrogen-bond acceptors (Lipinski definition) is 5. The maximum absolute atomic E-state index is 9.39. The van der Waals surface area contributed by atoms with Crippen LogP contribution in [0.15, 0.2) is 0 Å². The highest BCUT2D eigenvalue weighted by molar-refractivity contribution is 5.01. The molecule has 0 radical (unpaired) electrons. The zero-order valence-electron chi connectivity index (χ0n) is 7.69. The lowest BCUT2D eigenvalue weighted by atomic mass is 10.0. The van der Waals surface area contributed by atoms with Crippen molar-refractivity contribution in [3.8, 4) is 0 Å². The van der Waals surface area contributed by atoms with Crippen LogP contribution in [0.2, 0.25) is 0 Å². The molecule has 0 saturated carbocycles. The largest absolute Gasteiger partial charge is 0.393 e. The van der Waals surface area contributed by atoms with E-state index >= 15 is 0 Å². The molecule has 5 nitrogen and oxygen atoms in total. The molecule has 3 atom stereocenters. The third-order valence-corrected chi connectivity index (χ3v) is 2.40. The predicted octanol–water partition coefficient (Wildman–Crippen LogP) is -0.782. The van der Waals surface area contributed by atoms with Gasteiger partial charge in [-0.05, 0) is 13.8 Å². The SMILES string of the molecule is CC1(C)O[C@@H]2C(O)OC[C@]2(CO)O1. The summed E-state index contributed by atoms with van der Waals surface area (Å²) in [6.45, 7) is 3.45. The number of aliphatic hydroxyl groups is 2. The Morgan fingerprint density at radius 1 is 1.46 bits per heavy atom. The number of rotatable bonds is 1. The van der Waals surface area contributed by atoms with E-state index in [2.05, 4.69) is 0 Å². The van der Waals surface area contributed by atoms with Gasteiger partial charge in [-0.15, -0.1) is 0 Å². The fourth-order valence-electron chi connectivity index (χ4n) is 1.90.